The van der Waals surface area contributed by atoms with Gasteiger partial charge in [0.15, 0.2) is 0 Å². The zero-order valence-electron chi connectivity index (χ0n) is 16.9. The molecule has 142 valence electrons. The Labute approximate surface area is 154 Å². The van der Waals surface area contributed by atoms with Crippen molar-refractivity contribution in [2.24, 2.45) is 0 Å². The topological polar surface area (TPSA) is 27.7 Å². The van der Waals surface area contributed by atoms with Crippen molar-refractivity contribution in [2.75, 3.05) is 14.2 Å². The number of hydrogen-bond acceptors (Lipinski definition) is 3. The van der Waals surface area contributed by atoms with E-state index in [1.165, 1.54) is 55.6 Å². The molecule has 3 atom stereocenters. The van der Waals surface area contributed by atoms with Crippen molar-refractivity contribution >= 4 is 18.4 Å². The SMILES string of the molecule is CCC[CH2][Sn]([CH2]CCC)([CH2]CCC)[C]1=C[C@H](OC)[C@@H](OC)[C@H](C)O1. The van der Waals surface area contributed by atoms with E-state index in [1.807, 2.05) is 0 Å². The molecule has 0 bridgehead atoms. The Kier molecular flexibility index (Phi) is 11.0. The van der Waals surface area contributed by atoms with Gasteiger partial charge in [0, 0.05) is 0 Å². The van der Waals surface area contributed by atoms with Gasteiger partial charge in [0.1, 0.15) is 0 Å². The first-order valence-corrected chi connectivity index (χ1v) is 17.5. The molecule has 1 aliphatic heterocycles. The van der Waals surface area contributed by atoms with Crippen LogP contribution in [0, 0.1) is 0 Å². The van der Waals surface area contributed by atoms with Gasteiger partial charge in [-0.2, -0.15) is 0 Å². The molecular formula is C20H40O3Sn. The van der Waals surface area contributed by atoms with Crippen molar-refractivity contribution in [3.63, 3.8) is 0 Å². The van der Waals surface area contributed by atoms with Gasteiger partial charge in [-0.25, -0.2) is 0 Å². The number of methoxy groups -OCH3 is 2. The molecule has 24 heavy (non-hydrogen) atoms. The van der Waals surface area contributed by atoms with E-state index in [4.69, 9.17) is 14.2 Å². The third-order valence-corrected chi connectivity index (χ3v) is 20.5. The molecule has 0 aromatic rings. The summed E-state index contributed by atoms with van der Waals surface area (Å²) in [6.45, 7) is 9.08. The average Bonchev–Trinajstić information content (AvgIpc) is 2.60. The summed E-state index contributed by atoms with van der Waals surface area (Å²) in [7, 11) is 3.56. The Morgan fingerprint density at radius 2 is 1.42 bits per heavy atom. The molecule has 1 rings (SSSR count). The molecule has 0 unspecified atom stereocenters. The van der Waals surface area contributed by atoms with Crippen molar-refractivity contribution in [2.45, 2.75) is 97.8 Å². The fourth-order valence-electron chi connectivity index (χ4n) is 3.94. The maximum absolute atomic E-state index is 6.53. The van der Waals surface area contributed by atoms with E-state index in [-0.39, 0.29) is 18.3 Å². The van der Waals surface area contributed by atoms with E-state index in [2.05, 4.69) is 33.8 Å². The molecular weight excluding hydrogens is 407 g/mol. The first kappa shape index (κ1) is 22.3. The second-order valence-corrected chi connectivity index (χ2v) is 20.3. The number of ether oxygens (including phenoxy) is 3. The minimum atomic E-state index is -2.50. The number of rotatable bonds is 12. The van der Waals surface area contributed by atoms with Gasteiger partial charge in [0.05, 0.1) is 0 Å². The average molecular weight is 447 g/mol. The van der Waals surface area contributed by atoms with Crippen LogP contribution in [0.5, 0.6) is 0 Å². The molecule has 0 amide bonds. The third-order valence-electron chi connectivity index (χ3n) is 5.51. The Morgan fingerprint density at radius 1 is 0.917 bits per heavy atom. The van der Waals surface area contributed by atoms with Gasteiger partial charge in [-0.3, -0.25) is 0 Å². The summed E-state index contributed by atoms with van der Waals surface area (Å²) in [5.41, 5.74) is 0. The molecule has 4 heteroatoms. The fourth-order valence-corrected chi connectivity index (χ4v) is 19.7. The molecule has 0 aliphatic carbocycles. The molecule has 0 aromatic heterocycles. The predicted octanol–water partition coefficient (Wildman–Crippen LogP) is 5.71. The summed E-state index contributed by atoms with van der Waals surface area (Å²) in [5, 5.41) is 0. The van der Waals surface area contributed by atoms with Crippen LogP contribution in [0.2, 0.25) is 13.3 Å². The van der Waals surface area contributed by atoms with Gasteiger partial charge < -0.3 is 0 Å². The quantitative estimate of drug-likeness (QED) is 0.359. The molecule has 1 heterocycles. The van der Waals surface area contributed by atoms with Crippen LogP contribution in [0.25, 0.3) is 0 Å². The van der Waals surface area contributed by atoms with E-state index in [0.717, 1.165) is 0 Å². The fraction of sp³-hybridized carbons (Fsp3) is 0.900. The third kappa shape index (κ3) is 5.91. The van der Waals surface area contributed by atoms with Crippen LogP contribution < -0.4 is 0 Å². The van der Waals surface area contributed by atoms with E-state index in [1.54, 1.807) is 14.2 Å². The summed E-state index contributed by atoms with van der Waals surface area (Å²) >= 11 is -2.50. The number of hydrogen-bond donors (Lipinski definition) is 0. The predicted molar refractivity (Wildman–Crippen MR) is 105 cm³/mol. The maximum atomic E-state index is 6.53. The molecule has 0 saturated heterocycles. The Morgan fingerprint density at radius 3 is 1.79 bits per heavy atom. The first-order chi connectivity index (χ1) is 11.6. The molecule has 0 radical (unpaired) electrons. The van der Waals surface area contributed by atoms with Crippen LogP contribution in [0.3, 0.4) is 0 Å². The summed E-state index contributed by atoms with van der Waals surface area (Å²) in [6.07, 6.45) is 10.3. The summed E-state index contributed by atoms with van der Waals surface area (Å²) in [5.74, 6) is 0. The molecule has 3 nitrogen and oxygen atoms in total. The van der Waals surface area contributed by atoms with E-state index < -0.39 is 18.4 Å². The van der Waals surface area contributed by atoms with Gasteiger partial charge in [0.2, 0.25) is 0 Å². The van der Waals surface area contributed by atoms with Gasteiger partial charge in [-0.05, 0) is 0 Å². The first-order valence-electron chi connectivity index (χ1n) is 10.0. The molecule has 0 spiro atoms. The van der Waals surface area contributed by atoms with Crippen LogP contribution in [0.4, 0.5) is 0 Å². The Bertz CT molecular complexity index is 348. The molecule has 0 saturated carbocycles. The Balaban J connectivity index is 3.15. The summed E-state index contributed by atoms with van der Waals surface area (Å²) in [6, 6.07) is 0. The molecule has 0 N–H and O–H groups in total. The standard InChI is InChI=1S/C8H13O3.3C4H9.Sn/c1-6-8(10-3)7(9-2)4-5-11-6;3*1-3-4-2;/h4,6-8H,1-3H3;3*1,3-4H2,2H3;/t6-,7-,8-;;;;/m0..../s1. The second kappa shape index (κ2) is 11.8. The van der Waals surface area contributed by atoms with Crippen molar-refractivity contribution in [1.29, 1.82) is 0 Å². The second-order valence-electron chi connectivity index (χ2n) is 7.35. The van der Waals surface area contributed by atoms with Crippen molar-refractivity contribution < 1.29 is 14.2 Å². The minimum absolute atomic E-state index is 0.00580. The molecule has 0 aromatic carbocycles. The molecule has 0 fully saturated rings. The van der Waals surface area contributed by atoms with Crippen LogP contribution >= 0.6 is 0 Å². The van der Waals surface area contributed by atoms with Crippen LogP contribution in [0.15, 0.2) is 9.85 Å². The van der Waals surface area contributed by atoms with Gasteiger partial charge >= 0.3 is 155 Å². The van der Waals surface area contributed by atoms with Crippen molar-refractivity contribution in [1.82, 2.24) is 0 Å². The van der Waals surface area contributed by atoms with E-state index in [9.17, 15) is 0 Å². The van der Waals surface area contributed by atoms with Crippen LogP contribution in [-0.4, -0.2) is 50.9 Å². The summed E-state index contributed by atoms with van der Waals surface area (Å²) < 4.78 is 23.6. The molecule has 1 aliphatic rings. The van der Waals surface area contributed by atoms with Gasteiger partial charge in [0.25, 0.3) is 0 Å². The van der Waals surface area contributed by atoms with E-state index >= 15 is 0 Å². The van der Waals surface area contributed by atoms with Gasteiger partial charge in [-0.1, -0.05) is 0 Å². The Hall–Kier alpha value is 0.259. The van der Waals surface area contributed by atoms with Crippen molar-refractivity contribution in [3.8, 4) is 0 Å². The van der Waals surface area contributed by atoms with E-state index in [0.29, 0.717) is 0 Å². The zero-order chi connectivity index (χ0) is 18.0. The van der Waals surface area contributed by atoms with Crippen LogP contribution in [-0.2, 0) is 14.2 Å². The summed E-state index contributed by atoms with van der Waals surface area (Å²) in [4.78, 5) is 0. The van der Waals surface area contributed by atoms with Crippen LogP contribution in [0.1, 0.15) is 66.2 Å². The van der Waals surface area contributed by atoms with Crippen molar-refractivity contribution in [3.05, 3.63) is 9.85 Å². The monoisotopic (exact) mass is 448 g/mol. The van der Waals surface area contributed by atoms with Gasteiger partial charge in [-0.15, -0.1) is 0 Å². The zero-order valence-corrected chi connectivity index (χ0v) is 19.8. The number of unbranched alkanes of at least 4 members (excludes halogenated alkanes) is 3. The normalized spacial score (nSPS) is 24.6.